The predicted octanol–water partition coefficient (Wildman–Crippen LogP) is 4.74. The van der Waals surface area contributed by atoms with Crippen molar-refractivity contribution in [3.05, 3.63) is 29.8 Å². The molecule has 1 unspecified atom stereocenters. The second kappa shape index (κ2) is 9.80. The fourth-order valence-electron chi connectivity index (χ4n) is 3.29. The van der Waals surface area contributed by atoms with Crippen molar-refractivity contribution in [3.8, 4) is 0 Å². The number of anilines is 1. The van der Waals surface area contributed by atoms with Gasteiger partial charge in [-0.3, -0.25) is 4.79 Å². The molecule has 0 aliphatic carbocycles. The lowest BCUT2D eigenvalue weighted by atomic mass is 10.1. The van der Waals surface area contributed by atoms with Crippen LogP contribution < -0.4 is 5.32 Å². The average Bonchev–Trinajstić information content (AvgIpc) is 2.68. The standard InChI is InChI=1S/C20H28F3N3O2/c1-3-15(2)26(14-11-18(27)25-12-7-4-8-13-25)19(28)24-17-10-6-5-9-16(17)20(21,22)23/h5-6,9-10,15H,3-4,7-8,11-14H2,1-2H3,(H,24,28). The summed E-state index contributed by atoms with van der Waals surface area (Å²) in [7, 11) is 0. The maximum Gasteiger partial charge on any atom is 0.418 e. The van der Waals surface area contributed by atoms with E-state index in [4.69, 9.17) is 0 Å². The molecule has 5 nitrogen and oxygen atoms in total. The quantitative estimate of drug-likeness (QED) is 0.751. The minimum atomic E-state index is -4.56. The number of para-hydroxylation sites is 1. The normalized spacial score (nSPS) is 15.8. The first-order chi connectivity index (χ1) is 13.2. The van der Waals surface area contributed by atoms with Crippen molar-refractivity contribution >= 4 is 17.6 Å². The number of nitrogens with one attached hydrogen (secondary N) is 1. The first kappa shape index (κ1) is 22.0. The molecule has 1 saturated heterocycles. The summed E-state index contributed by atoms with van der Waals surface area (Å²) in [5, 5.41) is 2.38. The molecule has 1 aromatic carbocycles. The molecular weight excluding hydrogens is 371 g/mol. The Hall–Kier alpha value is -2.25. The van der Waals surface area contributed by atoms with Crippen LogP contribution in [-0.4, -0.2) is 47.4 Å². The lowest BCUT2D eigenvalue weighted by Crippen LogP contribution is -2.44. The van der Waals surface area contributed by atoms with Gasteiger partial charge < -0.3 is 15.1 Å². The van der Waals surface area contributed by atoms with Gasteiger partial charge in [-0.15, -0.1) is 0 Å². The molecule has 28 heavy (non-hydrogen) atoms. The first-order valence-corrected chi connectivity index (χ1v) is 9.75. The Labute approximate surface area is 163 Å². The predicted molar refractivity (Wildman–Crippen MR) is 102 cm³/mol. The zero-order chi connectivity index (χ0) is 20.7. The van der Waals surface area contributed by atoms with Crippen LogP contribution in [0, 0.1) is 0 Å². The largest absolute Gasteiger partial charge is 0.418 e. The molecule has 1 aliphatic heterocycles. The molecule has 156 valence electrons. The van der Waals surface area contributed by atoms with Gasteiger partial charge >= 0.3 is 12.2 Å². The Kier molecular flexibility index (Phi) is 7.71. The molecule has 0 aromatic heterocycles. The van der Waals surface area contributed by atoms with Crippen LogP contribution in [0.2, 0.25) is 0 Å². The number of urea groups is 1. The van der Waals surface area contributed by atoms with Crippen LogP contribution in [-0.2, 0) is 11.0 Å². The zero-order valence-corrected chi connectivity index (χ0v) is 16.4. The van der Waals surface area contributed by atoms with E-state index in [9.17, 15) is 22.8 Å². The van der Waals surface area contributed by atoms with Crippen molar-refractivity contribution in [1.29, 1.82) is 0 Å². The van der Waals surface area contributed by atoms with Crippen molar-refractivity contribution in [2.45, 2.75) is 58.2 Å². The third-order valence-electron chi connectivity index (χ3n) is 5.13. The highest BCUT2D eigenvalue weighted by atomic mass is 19.4. The van der Waals surface area contributed by atoms with E-state index in [0.29, 0.717) is 6.42 Å². The second-order valence-corrected chi connectivity index (χ2v) is 7.12. The molecule has 8 heteroatoms. The Morgan fingerprint density at radius 3 is 2.43 bits per heavy atom. The highest BCUT2D eigenvalue weighted by molar-refractivity contribution is 5.91. The summed E-state index contributed by atoms with van der Waals surface area (Å²) in [6.07, 6.45) is -0.685. The van der Waals surface area contributed by atoms with Gasteiger partial charge in [0.1, 0.15) is 0 Å². The second-order valence-electron chi connectivity index (χ2n) is 7.12. The van der Waals surface area contributed by atoms with E-state index < -0.39 is 17.8 Å². The SMILES string of the molecule is CCC(C)N(CCC(=O)N1CCCCC1)C(=O)Nc1ccccc1C(F)(F)F. The van der Waals surface area contributed by atoms with Crippen molar-refractivity contribution in [2.24, 2.45) is 0 Å². The molecular formula is C20H28F3N3O2. The van der Waals surface area contributed by atoms with Gasteiger partial charge in [-0.05, 0) is 44.7 Å². The van der Waals surface area contributed by atoms with E-state index in [1.54, 1.807) is 4.90 Å². The Balaban J connectivity index is 2.06. The molecule has 1 aliphatic rings. The summed E-state index contributed by atoms with van der Waals surface area (Å²) >= 11 is 0. The number of benzene rings is 1. The fourth-order valence-corrected chi connectivity index (χ4v) is 3.29. The number of carbonyl (C=O) groups excluding carboxylic acids is 2. The Morgan fingerprint density at radius 2 is 1.82 bits per heavy atom. The van der Waals surface area contributed by atoms with Gasteiger partial charge in [0.15, 0.2) is 0 Å². The highest BCUT2D eigenvalue weighted by Gasteiger charge is 2.34. The topological polar surface area (TPSA) is 52.7 Å². The summed E-state index contributed by atoms with van der Waals surface area (Å²) in [6, 6.07) is 4.06. The summed E-state index contributed by atoms with van der Waals surface area (Å²) in [6.45, 7) is 5.34. The number of nitrogens with zero attached hydrogens (tertiary/aromatic N) is 2. The molecule has 0 spiro atoms. The number of piperidine rings is 1. The van der Waals surface area contributed by atoms with E-state index in [-0.39, 0.29) is 30.6 Å². The Bertz CT molecular complexity index is 673. The molecule has 1 heterocycles. The molecule has 1 aromatic rings. The van der Waals surface area contributed by atoms with Crippen molar-refractivity contribution < 1.29 is 22.8 Å². The third-order valence-corrected chi connectivity index (χ3v) is 5.13. The minimum absolute atomic E-state index is 0.0171. The number of hydrogen-bond acceptors (Lipinski definition) is 2. The van der Waals surface area contributed by atoms with Crippen LogP contribution in [0.25, 0.3) is 0 Å². The van der Waals surface area contributed by atoms with Gasteiger partial charge in [-0.25, -0.2) is 4.79 Å². The van der Waals surface area contributed by atoms with E-state index in [0.717, 1.165) is 38.4 Å². The lowest BCUT2D eigenvalue weighted by molar-refractivity contribution is -0.137. The van der Waals surface area contributed by atoms with Gasteiger partial charge in [-0.2, -0.15) is 13.2 Å². The average molecular weight is 399 g/mol. The summed E-state index contributed by atoms with van der Waals surface area (Å²) in [4.78, 5) is 28.3. The van der Waals surface area contributed by atoms with E-state index in [1.165, 1.54) is 23.1 Å². The molecule has 2 rings (SSSR count). The van der Waals surface area contributed by atoms with Gasteiger partial charge in [0.2, 0.25) is 5.91 Å². The number of amides is 3. The molecule has 3 amide bonds. The number of hydrogen-bond donors (Lipinski definition) is 1. The van der Waals surface area contributed by atoms with E-state index in [1.807, 2.05) is 13.8 Å². The number of likely N-dealkylation sites (tertiary alicyclic amines) is 1. The van der Waals surface area contributed by atoms with Crippen LogP contribution in [0.3, 0.4) is 0 Å². The molecule has 0 radical (unpaired) electrons. The van der Waals surface area contributed by atoms with Crippen LogP contribution >= 0.6 is 0 Å². The maximum atomic E-state index is 13.2. The van der Waals surface area contributed by atoms with Crippen LogP contribution in [0.5, 0.6) is 0 Å². The summed E-state index contributed by atoms with van der Waals surface area (Å²) in [5.74, 6) is -0.0171. The van der Waals surface area contributed by atoms with Crippen molar-refractivity contribution in [1.82, 2.24) is 9.80 Å². The monoisotopic (exact) mass is 399 g/mol. The fraction of sp³-hybridized carbons (Fsp3) is 0.600. The lowest BCUT2D eigenvalue weighted by Gasteiger charge is -2.31. The van der Waals surface area contributed by atoms with Crippen LogP contribution in [0.15, 0.2) is 24.3 Å². The summed E-state index contributed by atoms with van der Waals surface area (Å²) in [5.41, 5.74) is -1.17. The number of halogens is 3. The molecule has 0 bridgehead atoms. The number of alkyl halides is 3. The number of carbonyl (C=O) groups is 2. The van der Waals surface area contributed by atoms with E-state index in [2.05, 4.69) is 5.32 Å². The maximum absolute atomic E-state index is 13.2. The first-order valence-electron chi connectivity index (χ1n) is 9.75. The molecule has 0 saturated carbocycles. The smallest absolute Gasteiger partial charge is 0.343 e. The van der Waals surface area contributed by atoms with Gasteiger partial charge in [0.25, 0.3) is 0 Å². The van der Waals surface area contributed by atoms with Gasteiger partial charge in [0, 0.05) is 32.1 Å². The summed E-state index contributed by atoms with van der Waals surface area (Å²) < 4.78 is 39.5. The number of rotatable bonds is 6. The Morgan fingerprint density at radius 1 is 1.18 bits per heavy atom. The van der Waals surface area contributed by atoms with Crippen LogP contribution in [0.1, 0.15) is 51.5 Å². The zero-order valence-electron chi connectivity index (χ0n) is 16.4. The molecule has 1 fully saturated rings. The van der Waals surface area contributed by atoms with Crippen LogP contribution in [0.4, 0.5) is 23.7 Å². The highest BCUT2D eigenvalue weighted by Crippen LogP contribution is 2.34. The van der Waals surface area contributed by atoms with Crippen molar-refractivity contribution in [3.63, 3.8) is 0 Å². The van der Waals surface area contributed by atoms with E-state index >= 15 is 0 Å². The van der Waals surface area contributed by atoms with Gasteiger partial charge in [-0.1, -0.05) is 19.1 Å². The van der Waals surface area contributed by atoms with Gasteiger partial charge in [0.05, 0.1) is 11.3 Å². The van der Waals surface area contributed by atoms with Crippen molar-refractivity contribution in [2.75, 3.05) is 25.0 Å². The molecule has 1 atom stereocenters. The molecule has 1 N–H and O–H groups in total. The third kappa shape index (κ3) is 5.87. The minimum Gasteiger partial charge on any atom is -0.343 e.